The van der Waals surface area contributed by atoms with E-state index in [1.54, 1.807) is 0 Å². The minimum Gasteiger partial charge on any atom is -0.420 e. The van der Waals surface area contributed by atoms with Crippen molar-refractivity contribution in [2.45, 2.75) is 72.1 Å². The van der Waals surface area contributed by atoms with E-state index < -0.39 is 28.9 Å². The molecule has 0 fully saturated rings. The van der Waals surface area contributed by atoms with Crippen molar-refractivity contribution in [2.75, 3.05) is 28.4 Å². The third kappa shape index (κ3) is 9.50. The third-order valence-electron chi connectivity index (χ3n) is 4.00. The van der Waals surface area contributed by atoms with E-state index in [1.165, 1.54) is 28.4 Å². The first kappa shape index (κ1) is 32.7. The van der Waals surface area contributed by atoms with E-state index in [0.29, 0.717) is 11.7 Å². The van der Waals surface area contributed by atoms with Crippen LogP contribution < -0.4 is 0 Å². The van der Waals surface area contributed by atoms with Gasteiger partial charge < -0.3 is 22.8 Å². The average molecular weight is 413 g/mol. The van der Waals surface area contributed by atoms with Crippen LogP contribution in [0.1, 0.15) is 42.0 Å². The average Bonchev–Trinajstić information content (AvgIpc) is 2.43. The summed E-state index contributed by atoms with van der Waals surface area (Å²) in [4.78, 5) is 0. The molecule has 1 N–H and O–H groups in total. The fourth-order valence-corrected chi connectivity index (χ4v) is 10.4. The topological polar surface area (TPSA) is 57.2 Å². The Kier molecular flexibility index (Phi) is 16.2. The summed E-state index contributed by atoms with van der Waals surface area (Å²) in [5, 5.41) is 9.48. The second-order valence-corrected chi connectivity index (χ2v) is 13.6. The van der Waals surface area contributed by atoms with Gasteiger partial charge in [0.05, 0.1) is 0 Å². The molecule has 0 aliphatic rings. The summed E-state index contributed by atoms with van der Waals surface area (Å²) in [6.45, 7) is 2.69. The molecule has 0 aliphatic carbocycles. The molecule has 0 aromatic heterocycles. The monoisotopic (exact) mass is 412 g/mol. The van der Waals surface area contributed by atoms with Gasteiger partial charge in [0.25, 0.3) is 0 Å². The van der Waals surface area contributed by atoms with Crippen LogP contribution in [0.25, 0.3) is 0 Å². The molecule has 0 bridgehead atoms. The molecular weight excluding hydrogens is 373 g/mol. The van der Waals surface area contributed by atoms with Crippen LogP contribution in [0.5, 0.6) is 0 Å². The molecule has 0 saturated carbocycles. The fraction of sp³-hybridized carbons (Fsp3) is 1.00. The zero-order chi connectivity index (χ0) is 17.7. The van der Waals surface area contributed by atoms with Crippen LogP contribution in [-0.2, 0) is 17.7 Å². The Labute approximate surface area is 154 Å². The summed E-state index contributed by atoms with van der Waals surface area (Å²) in [5.74, 6) is 0. The maximum absolute atomic E-state index is 12.6. The number of alkyl halides is 3. The molecule has 0 amide bonds. The largest absolute Gasteiger partial charge is 0.499 e. The van der Waals surface area contributed by atoms with Gasteiger partial charge in [0.1, 0.15) is 0 Å². The van der Waals surface area contributed by atoms with Gasteiger partial charge in [-0.15, -0.1) is 0 Å². The van der Waals surface area contributed by atoms with Crippen LogP contribution in [0, 0.1) is 0 Å². The summed E-state index contributed by atoms with van der Waals surface area (Å²) in [5.41, 5.74) is -2.25. The Balaban J connectivity index is -0.000000735. The highest BCUT2D eigenvalue weighted by molar-refractivity contribution is 6.86. The van der Waals surface area contributed by atoms with Crippen LogP contribution >= 0.6 is 0 Å². The summed E-state index contributed by atoms with van der Waals surface area (Å²) in [6, 6.07) is 0.445. The Morgan fingerprint density at radius 2 is 1.28 bits per heavy atom. The molecule has 0 heterocycles. The van der Waals surface area contributed by atoms with Crippen molar-refractivity contribution in [3.8, 4) is 0 Å². The quantitative estimate of drug-likeness (QED) is 0.530. The molecule has 2 atom stereocenters. The van der Waals surface area contributed by atoms with E-state index in [2.05, 4.69) is 0 Å². The molecule has 0 spiro atoms. The van der Waals surface area contributed by atoms with Crippen LogP contribution in [-0.4, -0.2) is 62.4 Å². The van der Waals surface area contributed by atoms with E-state index in [0.717, 1.165) is 6.92 Å². The number of hydrogen-bond acceptors (Lipinski definition) is 5. The maximum atomic E-state index is 12.6. The van der Waals surface area contributed by atoms with Crippen molar-refractivity contribution in [3.05, 3.63) is 0 Å². The first-order valence-electron chi connectivity index (χ1n) is 6.90. The van der Waals surface area contributed by atoms with Crippen molar-refractivity contribution in [1.82, 2.24) is 0 Å². The molecule has 0 aromatic rings. The van der Waals surface area contributed by atoms with Crippen LogP contribution in [0.2, 0.25) is 18.3 Å². The summed E-state index contributed by atoms with van der Waals surface area (Å²) in [7, 11) is 0.762. The van der Waals surface area contributed by atoms with Crippen LogP contribution in [0.15, 0.2) is 0 Å². The van der Waals surface area contributed by atoms with Crippen LogP contribution in [0.3, 0.4) is 0 Å². The number of hydrogen-bond donors (Lipinski definition) is 1. The van der Waals surface area contributed by atoms with Gasteiger partial charge in [0.2, 0.25) is 0 Å². The van der Waals surface area contributed by atoms with Crippen molar-refractivity contribution >= 4 is 17.1 Å². The molecule has 158 valence electrons. The van der Waals surface area contributed by atoms with Gasteiger partial charge in [-0.05, 0) is 25.9 Å². The molecule has 0 radical (unpaired) electrons. The normalized spacial score (nSPS) is 16.6. The molecule has 2 unspecified atom stereocenters. The van der Waals surface area contributed by atoms with E-state index >= 15 is 0 Å². The van der Waals surface area contributed by atoms with Crippen LogP contribution in [0.4, 0.5) is 13.2 Å². The third-order valence-corrected chi connectivity index (χ3v) is 13.0. The Morgan fingerprint density at radius 3 is 1.56 bits per heavy atom. The standard InChI is InChI=1S/C12H27F3O5Si2.3CH4/c1-11(16,12(13,14)15)8-7-9-21(6,17-2)10-22(18-3,19-4)20-5;;;/h16H,7-10H2,1-6H3;3*1H4. The van der Waals surface area contributed by atoms with Gasteiger partial charge in [-0.25, -0.2) is 0 Å². The lowest BCUT2D eigenvalue weighted by Gasteiger charge is -2.34. The van der Waals surface area contributed by atoms with E-state index in [1.807, 2.05) is 6.55 Å². The zero-order valence-electron chi connectivity index (χ0n) is 14.0. The summed E-state index contributed by atoms with van der Waals surface area (Å²) >= 11 is 0. The minimum absolute atomic E-state index is 0. The highest BCUT2D eigenvalue weighted by Crippen LogP contribution is 2.35. The van der Waals surface area contributed by atoms with E-state index in [9.17, 15) is 18.3 Å². The SMILES string of the molecule is C.C.C.CO[Si](C)(CCCC(C)(O)C(F)(F)F)C[Si](OC)(OC)OC. The molecule has 25 heavy (non-hydrogen) atoms. The number of aliphatic hydroxyl groups is 1. The Morgan fingerprint density at radius 1 is 0.880 bits per heavy atom. The van der Waals surface area contributed by atoms with Gasteiger partial charge in [-0.3, -0.25) is 0 Å². The van der Waals surface area contributed by atoms with Gasteiger partial charge in [-0.1, -0.05) is 28.7 Å². The molecule has 0 aliphatic heterocycles. The van der Waals surface area contributed by atoms with Crippen molar-refractivity contribution in [3.63, 3.8) is 0 Å². The Hall–Kier alpha value is 0.0238. The zero-order valence-corrected chi connectivity index (χ0v) is 16.0. The van der Waals surface area contributed by atoms with E-state index in [4.69, 9.17) is 17.7 Å². The highest BCUT2D eigenvalue weighted by Gasteiger charge is 2.51. The first-order chi connectivity index (χ1) is 9.91. The molecule has 5 nitrogen and oxygen atoms in total. The van der Waals surface area contributed by atoms with Gasteiger partial charge in [-0.2, -0.15) is 13.2 Å². The lowest BCUT2D eigenvalue weighted by molar-refractivity contribution is -0.255. The molecule has 0 aromatic carbocycles. The van der Waals surface area contributed by atoms with Gasteiger partial charge in [0.15, 0.2) is 13.9 Å². The molecule has 10 heteroatoms. The predicted molar refractivity (Wildman–Crippen MR) is 101 cm³/mol. The van der Waals surface area contributed by atoms with E-state index in [-0.39, 0.29) is 35.1 Å². The first-order valence-corrected chi connectivity index (χ1v) is 11.7. The summed E-state index contributed by atoms with van der Waals surface area (Å²) in [6.07, 6.45) is -4.81. The molecule has 0 rings (SSSR count). The lowest BCUT2D eigenvalue weighted by atomic mass is 10.0. The van der Waals surface area contributed by atoms with Gasteiger partial charge in [0, 0.05) is 34.1 Å². The van der Waals surface area contributed by atoms with Gasteiger partial charge >= 0.3 is 15.0 Å². The number of rotatable bonds is 10. The minimum atomic E-state index is -4.64. The second-order valence-electron chi connectivity index (χ2n) is 5.75. The van der Waals surface area contributed by atoms with Crippen molar-refractivity contribution in [1.29, 1.82) is 0 Å². The second kappa shape index (κ2) is 12.4. The fourth-order valence-electron chi connectivity index (χ4n) is 2.14. The lowest BCUT2D eigenvalue weighted by Crippen LogP contribution is -2.52. The summed E-state index contributed by atoms with van der Waals surface area (Å²) < 4.78 is 59.6. The molecule has 0 saturated heterocycles. The maximum Gasteiger partial charge on any atom is 0.499 e. The smallest absolute Gasteiger partial charge is 0.420 e. The van der Waals surface area contributed by atoms with Crippen molar-refractivity contribution < 1.29 is 36.0 Å². The highest BCUT2D eigenvalue weighted by atomic mass is 28.4. The number of halogens is 3. The predicted octanol–water partition coefficient (Wildman–Crippen LogP) is 4.63. The van der Waals surface area contributed by atoms with Crippen molar-refractivity contribution in [2.24, 2.45) is 0 Å². The Bertz CT molecular complexity index is 331. The molecular formula is C15H39F3O5Si2.